The number of hydrogen-bond donors (Lipinski definition) is 2. The van der Waals surface area contributed by atoms with E-state index in [9.17, 15) is 4.79 Å². The summed E-state index contributed by atoms with van der Waals surface area (Å²) in [6, 6.07) is 18.9. The van der Waals surface area contributed by atoms with Gasteiger partial charge in [-0.05, 0) is 54.4 Å². The lowest BCUT2D eigenvalue weighted by Gasteiger charge is -2.15. The Morgan fingerprint density at radius 2 is 1.78 bits per heavy atom. The maximum absolute atomic E-state index is 12.1. The second kappa shape index (κ2) is 11.6. The fraction of sp³-hybridized carbons (Fsp3) is 0.240. The monoisotopic (exact) mass is 534 g/mol. The molecule has 3 aromatic carbocycles. The highest BCUT2D eigenvalue weighted by Crippen LogP contribution is 2.28. The predicted molar refractivity (Wildman–Crippen MR) is 137 cm³/mol. The van der Waals surface area contributed by atoms with Crippen molar-refractivity contribution in [2.45, 2.75) is 33.4 Å². The normalized spacial score (nSPS) is 10.8. The van der Waals surface area contributed by atoms with Gasteiger partial charge >= 0.3 is 0 Å². The first-order valence-electron chi connectivity index (χ1n) is 10.3. The van der Waals surface area contributed by atoms with Gasteiger partial charge in [-0.3, -0.25) is 4.79 Å². The van der Waals surface area contributed by atoms with Crippen LogP contribution in [-0.2, 0) is 17.9 Å². The number of anilines is 2. The van der Waals surface area contributed by atoms with Gasteiger partial charge in [0.1, 0.15) is 12.4 Å². The van der Waals surface area contributed by atoms with Gasteiger partial charge in [-0.2, -0.15) is 0 Å². The standard InChI is InChI=1S/C25H25BrCl2N2O2/c1-16(2)10-25(31)30-22-5-3-4-21(13-22)29-14-18-11-19(26)7-9-24(18)32-15-17-6-8-20(27)12-23(17)28/h3-9,11-13,16,29H,10,14-15H2,1-2H3,(H,30,31). The van der Waals surface area contributed by atoms with E-state index >= 15 is 0 Å². The first kappa shape index (κ1) is 24.4. The van der Waals surface area contributed by atoms with Gasteiger partial charge in [0.15, 0.2) is 0 Å². The number of nitrogens with one attached hydrogen (secondary N) is 2. The third-order valence-electron chi connectivity index (χ3n) is 4.64. The number of carbonyl (C=O) groups is 1. The minimum absolute atomic E-state index is 0.0145. The number of carbonyl (C=O) groups excluding carboxylic acids is 1. The van der Waals surface area contributed by atoms with Crippen LogP contribution >= 0.6 is 39.1 Å². The Balaban J connectivity index is 1.66. The van der Waals surface area contributed by atoms with Crippen LogP contribution in [-0.4, -0.2) is 5.91 Å². The Hall–Kier alpha value is -2.21. The topological polar surface area (TPSA) is 50.4 Å². The molecule has 0 bridgehead atoms. The van der Waals surface area contributed by atoms with Crippen molar-refractivity contribution in [2.75, 3.05) is 10.6 Å². The van der Waals surface area contributed by atoms with Gasteiger partial charge in [0.05, 0.1) is 0 Å². The zero-order chi connectivity index (χ0) is 23.1. The number of benzene rings is 3. The molecule has 2 N–H and O–H groups in total. The average molecular weight is 536 g/mol. The molecule has 0 saturated heterocycles. The van der Waals surface area contributed by atoms with Gasteiger partial charge in [-0.25, -0.2) is 0 Å². The number of hydrogen-bond acceptors (Lipinski definition) is 3. The van der Waals surface area contributed by atoms with Crippen molar-refractivity contribution in [3.05, 3.63) is 86.3 Å². The Kier molecular flexibility index (Phi) is 8.85. The largest absolute Gasteiger partial charge is 0.488 e. The first-order chi connectivity index (χ1) is 15.3. The summed E-state index contributed by atoms with van der Waals surface area (Å²) in [6.45, 7) is 4.93. The minimum atomic E-state index is 0.0145. The van der Waals surface area contributed by atoms with E-state index < -0.39 is 0 Å². The van der Waals surface area contributed by atoms with E-state index in [0.717, 1.165) is 32.7 Å². The highest BCUT2D eigenvalue weighted by Gasteiger charge is 2.09. The third kappa shape index (κ3) is 7.44. The van der Waals surface area contributed by atoms with Crippen LogP contribution in [0, 0.1) is 5.92 Å². The van der Waals surface area contributed by atoms with Crippen molar-refractivity contribution in [1.82, 2.24) is 0 Å². The van der Waals surface area contributed by atoms with Crippen molar-refractivity contribution in [1.29, 1.82) is 0 Å². The van der Waals surface area contributed by atoms with Crippen LogP contribution in [0.4, 0.5) is 11.4 Å². The maximum Gasteiger partial charge on any atom is 0.224 e. The van der Waals surface area contributed by atoms with Crippen LogP contribution in [0.25, 0.3) is 0 Å². The van der Waals surface area contributed by atoms with Crippen LogP contribution in [0.5, 0.6) is 5.75 Å². The molecular weight excluding hydrogens is 511 g/mol. The van der Waals surface area contributed by atoms with Crippen molar-refractivity contribution < 1.29 is 9.53 Å². The second-order valence-corrected chi connectivity index (χ2v) is 9.62. The number of ether oxygens (including phenoxy) is 1. The molecule has 0 aliphatic carbocycles. The van der Waals surface area contributed by atoms with Crippen molar-refractivity contribution in [3.63, 3.8) is 0 Å². The summed E-state index contributed by atoms with van der Waals surface area (Å²) in [4.78, 5) is 12.1. The van der Waals surface area contributed by atoms with E-state index in [1.54, 1.807) is 12.1 Å². The molecule has 1 amide bonds. The van der Waals surface area contributed by atoms with Gasteiger partial charge in [0.2, 0.25) is 5.91 Å². The molecule has 3 aromatic rings. The summed E-state index contributed by atoms with van der Waals surface area (Å²) < 4.78 is 7.01. The molecule has 7 heteroatoms. The number of amides is 1. The molecule has 0 aliphatic rings. The zero-order valence-corrected chi connectivity index (χ0v) is 21.0. The van der Waals surface area contributed by atoms with Crippen LogP contribution in [0.2, 0.25) is 10.0 Å². The Morgan fingerprint density at radius 3 is 2.53 bits per heavy atom. The molecule has 0 radical (unpaired) electrons. The molecule has 0 spiro atoms. The van der Waals surface area contributed by atoms with Gasteiger partial charge in [0, 0.05) is 50.0 Å². The van der Waals surface area contributed by atoms with Crippen LogP contribution in [0.15, 0.2) is 65.1 Å². The SMILES string of the molecule is CC(C)CC(=O)Nc1cccc(NCc2cc(Br)ccc2OCc2ccc(Cl)cc2Cl)c1. The quantitative estimate of drug-likeness (QED) is 0.292. The van der Waals surface area contributed by atoms with E-state index in [0.29, 0.717) is 35.5 Å². The molecule has 0 aliphatic heterocycles. The van der Waals surface area contributed by atoms with E-state index in [1.807, 2.05) is 62.4 Å². The summed E-state index contributed by atoms with van der Waals surface area (Å²) in [5, 5.41) is 7.52. The maximum atomic E-state index is 12.1. The molecule has 32 heavy (non-hydrogen) atoms. The van der Waals surface area contributed by atoms with Gasteiger partial charge in [-0.1, -0.05) is 65.1 Å². The molecular formula is C25H25BrCl2N2O2. The highest BCUT2D eigenvalue weighted by atomic mass is 79.9. The Morgan fingerprint density at radius 1 is 1.00 bits per heavy atom. The van der Waals surface area contributed by atoms with Crippen molar-refractivity contribution in [3.8, 4) is 5.75 Å². The third-order valence-corrected chi connectivity index (χ3v) is 5.72. The summed E-state index contributed by atoms with van der Waals surface area (Å²) in [5.41, 5.74) is 3.52. The first-order valence-corrected chi connectivity index (χ1v) is 11.8. The predicted octanol–water partition coefficient (Wildman–Crippen LogP) is 7.93. The molecule has 0 atom stereocenters. The highest BCUT2D eigenvalue weighted by molar-refractivity contribution is 9.10. The summed E-state index contributed by atoms with van der Waals surface area (Å²) in [5.74, 6) is 1.09. The molecule has 0 heterocycles. The Bertz CT molecular complexity index is 1090. The van der Waals surface area contributed by atoms with Crippen molar-refractivity contribution in [2.24, 2.45) is 5.92 Å². The second-order valence-electron chi connectivity index (χ2n) is 7.86. The summed E-state index contributed by atoms with van der Waals surface area (Å²) in [7, 11) is 0. The number of rotatable bonds is 9. The molecule has 0 fully saturated rings. The fourth-order valence-electron chi connectivity index (χ4n) is 3.11. The molecule has 168 valence electrons. The fourth-order valence-corrected chi connectivity index (χ4v) is 3.98. The van der Waals surface area contributed by atoms with E-state index in [-0.39, 0.29) is 5.91 Å². The van der Waals surface area contributed by atoms with Gasteiger partial charge < -0.3 is 15.4 Å². The van der Waals surface area contributed by atoms with Crippen molar-refractivity contribution >= 4 is 56.4 Å². The Labute approximate surface area is 207 Å². The number of halogens is 3. The van der Waals surface area contributed by atoms with E-state index in [1.165, 1.54) is 0 Å². The molecule has 3 rings (SSSR count). The zero-order valence-electron chi connectivity index (χ0n) is 17.9. The van der Waals surface area contributed by atoms with Crippen LogP contribution in [0.1, 0.15) is 31.4 Å². The van der Waals surface area contributed by atoms with E-state index in [2.05, 4.69) is 26.6 Å². The summed E-state index contributed by atoms with van der Waals surface area (Å²) >= 11 is 15.8. The van der Waals surface area contributed by atoms with Crippen LogP contribution in [0.3, 0.4) is 0 Å². The van der Waals surface area contributed by atoms with E-state index in [4.69, 9.17) is 27.9 Å². The van der Waals surface area contributed by atoms with Crippen LogP contribution < -0.4 is 15.4 Å². The molecule has 0 saturated carbocycles. The smallest absolute Gasteiger partial charge is 0.224 e. The molecule has 4 nitrogen and oxygen atoms in total. The average Bonchev–Trinajstić information content (AvgIpc) is 2.72. The molecule has 0 unspecified atom stereocenters. The lowest BCUT2D eigenvalue weighted by atomic mass is 10.1. The lowest BCUT2D eigenvalue weighted by Crippen LogP contribution is -2.14. The lowest BCUT2D eigenvalue weighted by molar-refractivity contribution is -0.116. The summed E-state index contributed by atoms with van der Waals surface area (Å²) in [6.07, 6.45) is 0.494. The van der Waals surface area contributed by atoms with Gasteiger partial charge in [0.25, 0.3) is 0 Å². The van der Waals surface area contributed by atoms with Gasteiger partial charge in [-0.15, -0.1) is 0 Å². The molecule has 0 aromatic heterocycles. The minimum Gasteiger partial charge on any atom is -0.488 e.